The van der Waals surface area contributed by atoms with Gasteiger partial charge in [-0.25, -0.2) is 9.18 Å². The minimum atomic E-state index is -0.576. The van der Waals surface area contributed by atoms with Gasteiger partial charge < -0.3 is 19.1 Å². The second-order valence-corrected chi connectivity index (χ2v) is 11.2. The molecular formula is C29H35ClFN3O4. The molecule has 9 heteroatoms. The molecule has 204 valence electrons. The van der Waals surface area contributed by atoms with Gasteiger partial charge in [0.1, 0.15) is 18.0 Å². The Balaban J connectivity index is 1.72. The van der Waals surface area contributed by atoms with E-state index < -0.39 is 11.4 Å². The lowest BCUT2D eigenvalue weighted by atomic mass is 9.94. The van der Waals surface area contributed by atoms with Crippen molar-refractivity contribution in [2.24, 2.45) is 0 Å². The average Bonchev–Trinajstić information content (AvgIpc) is 3.02. The zero-order valence-electron chi connectivity index (χ0n) is 22.9. The Bertz CT molecular complexity index is 1270. The summed E-state index contributed by atoms with van der Waals surface area (Å²) in [5.41, 5.74) is 1.34. The zero-order valence-corrected chi connectivity index (χ0v) is 23.6. The topological polar surface area (TPSA) is 54.5 Å². The van der Waals surface area contributed by atoms with Gasteiger partial charge in [-0.15, -0.1) is 0 Å². The van der Waals surface area contributed by atoms with Crippen molar-refractivity contribution in [1.29, 1.82) is 0 Å². The van der Waals surface area contributed by atoms with E-state index in [4.69, 9.17) is 25.8 Å². The molecule has 0 spiro atoms. The lowest BCUT2D eigenvalue weighted by Crippen LogP contribution is -2.56. The maximum absolute atomic E-state index is 16.4. The molecular weight excluding hydrogens is 509 g/mol. The highest BCUT2D eigenvalue weighted by Crippen LogP contribution is 2.44. The Morgan fingerprint density at radius 3 is 2.71 bits per heavy atom. The van der Waals surface area contributed by atoms with Crippen molar-refractivity contribution in [3.63, 3.8) is 0 Å². The van der Waals surface area contributed by atoms with E-state index in [0.717, 1.165) is 0 Å². The zero-order chi connectivity index (χ0) is 27.6. The smallest absolute Gasteiger partial charge is 0.410 e. The fourth-order valence-corrected chi connectivity index (χ4v) is 4.92. The number of rotatable bonds is 3. The minimum Gasteiger partial charge on any atom is -0.496 e. The first-order chi connectivity index (χ1) is 18.0. The van der Waals surface area contributed by atoms with Crippen LogP contribution in [-0.2, 0) is 11.3 Å². The summed E-state index contributed by atoms with van der Waals surface area (Å²) >= 11 is 6.58. The SMILES string of the molecule is COc1cccc(Cl)c1-c1c(C#CCN(C)C)cc2c(c1F)OC[C@H]1CN(C(=O)OC(C)(C)C)CCN1C2. The molecule has 4 rings (SSSR count). The normalized spacial score (nSPS) is 17.5. The van der Waals surface area contributed by atoms with E-state index in [1.165, 1.54) is 7.11 Å². The number of carbonyl (C=O) groups excluding carboxylic acids is 1. The third-order valence-corrected chi connectivity index (χ3v) is 6.73. The molecule has 38 heavy (non-hydrogen) atoms. The van der Waals surface area contributed by atoms with Crippen LogP contribution in [0, 0.1) is 17.7 Å². The molecule has 1 fully saturated rings. The van der Waals surface area contributed by atoms with Gasteiger partial charge in [0.25, 0.3) is 0 Å². The van der Waals surface area contributed by atoms with Crippen LogP contribution in [0.5, 0.6) is 11.5 Å². The van der Waals surface area contributed by atoms with Crippen molar-refractivity contribution < 1.29 is 23.4 Å². The largest absolute Gasteiger partial charge is 0.496 e. The highest BCUT2D eigenvalue weighted by Gasteiger charge is 2.36. The Hall–Kier alpha value is -2.99. The number of carbonyl (C=O) groups is 1. The number of halogens is 2. The number of benzene rings is 2. The summed E-state index contributed by atoms with van der Waals surface area (Å²) in [5.74, 6) is 6.39. The summed E-state index contributed by atoms with van der Waals surface area (Å²) in [6.45, 7) is 8.34. The molecule has 0 unspecified atom stereocenters. The molecule has 0 aromatic heterocycles. The van der Waals surface area contributed by atoms with Crippen molar-refractivity contribution >= 4 is 17.7 Å². The number of ether oxygens (including phenoxy) is 3. The van der Waals surface area contributed by atoms with Crippen molar-refractivity contribution in [3.05, 3.63) is 46.2 Å². The lowest BCUT2D eigenvalue weighted by Gasteiger charge is -2.40. The van der Waals surface area contributed by atoms with Crippen LogP contribution < -0.4 is 9.47 Å². The van der Waals surface area contributed by atoms with Crippen LogP contribution in [-0.4, -0.2) is 86.4 Å². The van der Waals surface area contributed by atoms with E-state index in [1.54, 1.807) is 23.1 Å². The molecule has 1 atom stereocenters. The van der Waals surface area contributed by atoms with Gasteiger partial charge in [-0.2, -0.15) is 0 Å². The number of piperazine rings is 1. The third kappa shape index (κ3) is 6.17. The number of nitrogens with zero attached hydrogens (tertiary/aromatic N) is 3. The van der Waals surface area contributed by atoms with Crippen LogP contribution in [0.4, 0.5) is 9.18 Å². The van der Waals surface area contributed by atoms with Gasteiger partial charge >= 0.3 is 6.09 Å². The van der Waals surface area contributed by atoms with E-state index in [0.29, 0.717) is 60.2 Å². The molecule has 2 aliphatic heterocycles. The van der Waals surface area contributed by atoms with Gasteiger partial charge in [-0.3, -0.25) is 9.80 Å². The van der Waals surface area contributed by atoms with Crippen molar-refractivity contribution in [2.75, 3.05) is 54.0 Å². The standard InChI is InChI=1S/C29H35ClFN3O4/c1-29(2,3)38-28(35)34-14-13-33-16-20-15-19(9-8-12-32(4)5)24(25-22(30)10-7-11-23(25)36-6)26(31)27(20)37-18-21(33)17-34/h7,10-11,15,21H,12-14,16-18H2,1-6H3/t21-/m1/s1. The van der Waals surface area contributed by atoms with Gasteiger partial charge in [0.05, 0.1) is 24.7 Å². The monoisotopic (exact) mass is 543 g/mol. The molecule has 0 N–H and O–H groups in total. The third-order valence-electron chi connectivity index (χ3n) is 6.41. The average molecular weight is 544 g/mol. The van der Waals surface area contributed by atoms with Crippen molar-refractivity contribution in [1.82, 2.24) is 14.7 Å². The maximum atomic E-state index is 16.4. The van der Waals surface area contributed by atoms with Crippen LogP contribution >= 0.6 is 11.6 Å². The number of amides is 1. The van der Waals surface area contributed by atoms with E-state index in [1.807, 2.05) is 45.8 Å². The molecule has 0 aliphatic carbocycles. The van der Waals surface area contributed by atoms with Gasteiger partial charge in [-0.1, -0.05) is 29.5 Å². The summed E-state index contributed by atoms with van der Waals surface area (Å²) in [6, 6.07) is 6.99. The Labute approximate surface area is 229 Å². The highest BCUT2D eigenvalue weighted by molar-refractivity contribution is 6.33. The van der Waals surface area contributed by atoms with E-state index in [2.05, 4.69) is 16.7 Å². The summed E-state index contributed by atoms with van der Waals surface area (Å²) in [4.78, 5) is 18.5. The molecule has 7 nitrogen and oxygen atoms in total. The Kier molecular flexibility index (Phi) is 8.41. The first-order valence-electron chi connectivity index (χ1n) is 12.6. The molecule has 0 saturated carbocycles. The predicted octanol–water partition coefficient (Wildman–Crippen LogP) is 4.88. The van der Waals surface area contributed by atoms with Gasteiger partial charge in [0.15, 0.2) is 11.6 Å². The van der Waals surface area contributed by atoms with Gasteiger partial charge in [-0.05, 0) is 53.1 Å². The van der Waals surface area contributed by atoms with Crippen LogP contribution in [0.15, 0.2) is 24.3 Å². The summed E-state index contributed by atoms with van der Waals surface area (Å²) < 4.78 is 33.6. The highest BCUT2D eigenvalue weighted by atomic mass is 35.5. The van der Waals surface area contributed by atoms with Crippen LogP contribution in [0.2, 0.25) is 5.02 Å². The van der Waals surface area contributed by atoms with E-state index >= 15 is 4.39 Å². The molecule has 2 aromatic rings. The number of hydrogen-bond donors (Lipinski definition) is 0. The van der Waals surface area contributed by atoms with Crippen LogP contribution in [0.1, 0.15) is 31.9 Å². The van der Waals surface area contributed by atoms with E-state index in [9.17, 15) is 4.79 Å². The van der Waals surface area contributed by atoms with Crippen molar-refractivity contribution in [2.45, 2.75) is 39.0 Å². The Morgan fingerprint density at radius 2 is 2.03 bits per heavy atom. The first kappa shape index (κ1) is 28.0. The van der Waals surface area contributed by atoms with Gasteiger partial charge in [0.2, 0.25) is 0 Å². The fraction of sp³-hybridized carbons (Fsp3) is 0.483. The number of hydrogen-bond acceptors (Lipinski definition) is 6. The van der Waals surface area contributed by atoms with Crippen LogP contribution in [0.3, 0.4) is 0 Å². The minimum absolute atomic E-state index is 0.107. The number of fused-ring (bicyclic) bond motifs is 2. The first-order valence-corrected chi connectivity index (χ1v) is 13.0. The second-order valence-electron chi connectivity index (χ2n) is 10.8. The second kappa shape index (κ2) is 11.4. The molecule has 0 radical (unpaired) electrons. The Morgan fingerprint density at radius 1 is 1.26 bits per heavy atom. The summed E-state index contributed by atoms with van der Waals surface area (Å²) in [6.07, 6.45) is -0.350. The molecule has 0 bridgehead atoms. The van der Waals surface area contributed by atoms with E-state index in [-0.39, 0.29) is 30.1 Å². The molecule has 2 aromatic carbocycles. The summed E-state index contributed by atoms with van der Waals surface area (Å²) in [5, 5.41) is 0.359. The quantitative estimate of drug-likeness (QED) is 0.514. The molecule has 1 saturated heterocycles. The fourth-order valence-electron chi connectivity index (χ4n) is 4.66. The molecule has 1 amide bonds. The van der Waals surface area contributed by atoms with Gasteiger partial charge in [0, 0.05) is 48.4 Å². The maximum Gasteiger partial charge on any atom is 0.410 e. The van der Waals surface area contributed by atoms with Crippen LogP contribution in [0.25, 0.3) is 11.1 Å². The molecule has 2 heterocycles. The molecule has 2 aliphatic rings. The lowest BCUT2D eigenvalue weighted by molar-refractivity contribution is -0.00164. The van der Waals surface area contributed by atoms with Crippen molar-refractivity contribution in [3.8, 4) is 34.5 Å². The number of methoxy groups -OCH3 is 1. The summed E-state index contributed by atoms with van der Waals surface area (Å²) in [7, 11) is 5.38. The predicted molar refractivity (Wildman–Crippen MR) is 146 cm³/mol.